The lowest BCUT2D eigenvalue weighted by Crippen LogP contribution is -2.31. The lowest BCUT2D eigenvalue weighted by atomic mass is 9.92. The minimum absolute atomic E-state index is 0.231. The fraction of sp³-hybridized carbons (Fsp3) is 0.400. The van der Waals surface area contributed by atoms with Crippen LogP contribution in [0.4, 0.5) is 8.78 Å². The molecule has 1 fully saturated rings. The predicted octanol–water partition coefficient (Wildman–Crippen LogP) is 2.91. The van der Waals surface area contributed by atoms with E-state index in [0.717, 1.165) is 0 Å². The summed E-state index contributed by atoms with van der Waals surface area (Å²) in [6.45, 7) is 0. The van der Waals surface area contributed by atoms with Crippen molar-refractivity contribution >= 4 is 22.6 Å². The monoisotopic (exact) mass is 423 g/mol. The summed E-state index contributed by atoms with van der Waals surface area (Å²) in [6.07, 6.45) is -3.18. The second kappa shape index (κ2) is 7.95. The van der Waals surface area contributed by atoms with E-state index in [1.165, 1.54) is 6.33 Å². The van der Waals surface area contributed by atoms with Crippen LogP contribution >= 0.6 is 11.6 Å². The number of rotatable bonds is 5. The Hall–Kier alpha value is -2.13. The average Bonchev–Trinajstić information content (AvgIpc) is 3.24. The molecule has 4 rings (SSSR count). The molecule has 0 spiro atoms. The molecule has 1 aromatic carbocycles. The molecule has 0 bridgehead atoms. The first kappa shape index (κ1) is 20.2. The van der Waals surface area contributed by atoms with E-state index < -0.39 is 43.1 Å². The minimum atomic E-state index is -2.53. The van der Waals surface area contributed by atoms with E-state index in [1.54, 1.807) is 41.1 Å². The van der Waals surface area contributed by atoms with E-state index in [4.69, 9.17) is 11.6 Å². The highest BCUT2D eigenvalue weighted by Gasteiger charge is 2.46. The number of hydrogen-bond acceptors (Lipinski definition) is 5. The van der Waals surface area contributed by atoms with Crippen LogP contribution in [0.15, 0.2) is 42.9 Å². The zero-order valence-corrected chi connectivity index (χ0v) is 16.0. The maximum Gasteiger partial charge on any atom is 0.244 e. The van der Waals surface area contributed by atoms with Crippen molar-refractivity contribution in [3.8, 4) is 0 Å². The topological polar surface area (TPSA) is 91.4 Å². The summed E-state index contributed by atoms with van der Waals surface area (Å²) in [6, 6.07) is 7.72. The molecule has 9 heteroatoms. The first-order valence-corrected chi connectivity index (χ1v) is 9.63. The van der Waals surface area contributed by atoms with Crippen molar-refractivity contribution in [3.05, 3.63) is 59.1 Å². The highest BCUT2D eigenvalue weighted by Crippen LogP contribution is 2.43. The van der Waals surface area contributed by atoms with Crippen molar-refractivity contribution in [1.29, 1.82) is 0 Å². The van der Waals surface area contributed by atoms with Gasteiger partial charge in [0.15, 0.2) is 0 Å². The first-order valence-electron chi connectivity index (χ1n) is 9.25. The molecule has 3 aromatic rings. The molecule has 5 atom stereocenters. The smallest absolute Gasteiger partial charge is 0.244 e. The molecule has 1 saturated carbocycles. The van der Waals surface area contributed by atoms with Gasteiger partial charge in [-0.1, -0.05) is 23.7 Å². The molecule has 6 nitrogen and oxygen atoms in total. The third-order valence-corrected chi connectivity index (χ3v) is 5.86. The Morgan fingerprint density at radius 1 is 1.10 bits per heavy atom. The van der Waals surface area contributed by atoms with Crippen LogP contribution < -0.4 is 0 Å². The van der Waals surface area contributed by atoms with Crippen molar-refractivity contribution in [2.45, 2.75) is 43.6 Å². The van der Waals surface area contributed by atoms with Gasteiger partial charge in [0.05, 0.1) is 30.4 Å². The largest absolute Gasteiger partial charge is 0.390 e. The predicted molar refractivity (Wildman–Crippen MR) is 103 cm³/mol. The summed E-state index contributed by atoms with van der Waals surface area (Å²) >= 11 is 5.88. The molecule has 1 unspecified atom stereocenters. The van der Waals surface area contributed by atoms with Gasteiger partial charge in [0, 0.05) is 22.5 Å². The van der Waals surface area contributed by atoms with Crippen LogP contribution in [0.1, 0.15) is 29.8 Å². The highest BCUT2D eigenvalue weighted by molar-refractivity contribution is 6.30. The summed E-state index contributed by atoms with van der Waals surface area (Å²) in [7, 11) is 0. The van der Waals surface area contributed by atoms with E-state index in [2.05, 4.69) is 9.97 Å². The summed E-state index contributed by atoms with van der Waals surface area (Å²) in [5.41, 5.74) is 1.23. The van der Waals surface area contributed by atoms with E-state index in [9.17, 15) is 24.1 Å². The van der Waals surface area contributed by atoms with Crippen LogP contribution in [0.25, 0.3) is 11.0 Å². The van der Waals surface area contributed by atoms with Crippen molar-refractivity contribution in [2.75, 3.05) is 0 Å². The molecular weight excluding hydrogens is 404 g/mol. The summed E-state index contributed by atoms with van der Waals surface area (Å²) < 4.78 is 27.3. The van der Waals surface area contributed by atoms with E-state index in [-0.39, 0.29) is 12.1 Å². The van der Waals surface area contributed by atoms with Crippen LogP contribution in [0.2, 0.25) is 5.02 Å². The molecule has 1 aliphatic rings. The standard InChI is InChI=1S/C20H20ClF2N3O3/c21-11-3-1-10(2-4-11)17(27)13-7-15(19(29)18(13)28)26-6-5-12-14(8-16(22)23)24-9-25-20(12)26/h1-6,9,13,15-19,27-29H,7-8H2/t13-,15-,17?,18-,19+/m1/s1. The minimum Gasteiger partial charge on any atom is -0.390 e. The third kappa shape index (κ3) is 3.73. The van der Waals surface area contributed by atoms with Gasteiger partial charge in [0.1, 0.15) is 18.1 Å². The number of benzene rings is 1. The SMILES string of the molecule is OC(c1ccc(Cl)cc1)[C@H]1C[C@@H](n2ccc3c(CC(F)F)ncnc32)[C@H](O)[C@@H]1O. The van der Waals surface area contributed by atoms with Crippen molar-refractivity contribution in [2.24, 2.45) is 5.92 Å². The molecule has 2 heterocycles. The molecule has 0 amide bonds. The molecule has 3 N–H and O–H groups in total. The number of halogens is 3. The lowest BCUT2D eigenvalue weighted by Gasteiger charge is -2.22. The summed E-state index contributed by atoms with van der Waals surface area (Å²) in [5.74, 6) is -0.615. The van der Waals surface area contributed by atoms with Crippen LogP contribution in [0.3, 0.4) is 0 Å². The Morgan fingerprint density at radius 2 is 1.83 bits per heavy atom. The average molecular weight is 424 g/mol. The second-order valence-corrected chi connectivity index (χ2v) is 7.76. The Kier molecular flexibility index (Phi) is 5.52. The van der Waals surface area contributed by atoms with Crippen LogP contribution in [-0.2, 0) is 6.42 Å². The quantitative estimate of drug-likeness (QED) is 0.587. The molecule has 154 valence electrons. The number of aromatic nitrogens is 3. The number of alkyl halides is 2. The zero-order chi connectivity index (χ0) is 20.7. The van der Waals surface area contributed by atoms with Gasteiger partial charge >= 0.3 is 0 Å². The normalized spacial score (nSPS) is 25.8. The number of fused-ring (bicyclic) bond motifs is 1. The lowest BCUT2D eigenvalue weighted by molar-refractivity contribution is -0.0264. The fourth-order valence-corrected chi connectivity index (χ4v) is 4.27. The maximum absolute atomic E-state index is 12.8. The molecule has 0 aliphatic heterocycles. The van der Waals surface area contributed by atoms with Crippen LogP contribution in [0, 0.1) is 5.92 Å². The van der Waals surface area contributed by atoms with E-state index in [1.807, 2.05) is 0 Å². The van der Waals surface area contributed by atoms with Gasteiger partial charge in [-0.05, 0) is 30.2 Å². The Balaban J connectivity index is 1.63. The summed E-state index contributed by atoms with van der Waals surface area (Å²) in [5, 5.41) is 33.0. The van der Waals surface area contributed by atoms with Crippen molar-refractivity contribution in [3.63, 3.8) is 0 Å². The molecule has 2 aromatic heterocycles. The summed E-state index contributed by atoms with van der Waals surface area (Å²) in [4.78, 5) is 8.13. The van der Waals surface area contributed by atoms with Crippen LogP contribution in [0.5, 0.6) is 0 Å². The van der Waals surface area contributed by atoms with Gasteiger partial charge in [-0.25, -0.2) is 18.7 Å². The first-order chi connectivity index (χ1) is 13.9. The van der Waals surface area contributed by atoms with Gasteiger partial charge < -0.3 is 19.9 Å². The number of hydrogen-bond donors (Lipinski definition) is 3. The maximum atomic E-state index is 12.8. The molecular formula is C20H20ClF2N3O3. The number of aliphatic hydroxyl groups excluding tert-OH is 3. The van der Waals surface area contributed by atoms with Gasteiger partial charge in [0.2, 0.25) is 6.43 Å². The van der Waals surface area contributed by atoms with Crippen LogP contribution in [-0.4, -0.2) is 48.5 Å². The molecule has 1 aliphatic carbocycles. The van der Waals surface area contributed by atoms with Gasteiger partial charge in [-0.15, -0.1) is 0 Å². The number of aliphatic hydroxyl groups is 3. The molecule has 0 radical (unpaired) electrons. The molecule has 29 heavy (non-hydrogen) atoms. The van der Waals surface area contributed by atoms with Gasteiger partial charge in [-0.3, -0.25) is 0 Å². The second-order valence-electron chi connectivity index (χ2n) is 7.32. The Morgan fingerprint density at radius 3 is 2.52 bits per heavy atom. The molecule has 0 saturated heterocycles. The highest BCUT2D eigenvalue weighted by atomic mass is 35.5. The third-order valence-electron chi connectivity index (χ3n) is 5.61. The van der Waals surface area contributed by atoms with Crippen molar-refractivity contribution < 1.29 is 24.1 Å². The van der Waals surface area contributed by atoms with E-state index >= 15 is 0 Å². The van der Waals surface area contributed by atoms with Crippen molar-refractivity contribution in [1.82, 2.24) is 14.5 Å². The van der Waals surface area contributed by atoms with Gasteiger partial charge in [-0.2, -0.15) is 0 Å². The fourth-order valence-electron chi connectivity index (χ4n) is 4.14. The zero-order valence-electron chi connectivity index (χ0n) is 15.2. The van der Waals surface area contributed by atoms with E-state index in [0.29, 0.717) is 21.6 Å². The van der Waals surface area contributed by atoms with Gasteiger partial charge in [0.25, 0.3) is 0 Å². The number of nitrogens with zero attached hydrogens (tertiary/aromatic N) is 3. The Labute approximate surface area is 170 Å². The Bertz CT molecular complexity index is 998.